The highest BCUT2D eigenvalue weighted by molar-refractivity contribution is 6.06. The molecule has 8 heteroatoms. The highest BCUT2D eigenvalue weighted by Gasteiger charge is 2.84. The maximum Gasteiger partial charge on any atom is 0.302 e. The van der Waals surface area contributed by atoms with Gasteiger partial charge in [-0.2, -0.15) is 0 Å². The van der Waals surface area contributed by atoms with Crippen LogP contribution in [0, 0.1) is 28.1 Å². The van der Waals surface area contributed by atoms with E-state index < -0.39 is 58.5 Å². The van der Waals surface area contributed by atoms with Crippen LogP contribution in [-0.4, -0.2) is 58.6 Å². The Bertz CT molecular complexity index is 1010. The smallest absolute Gasteiger partial charge is 0.302 e. The van der Waals surface area contributed by atoms with Crippen LogP contribution in [0.1, 0.15) is 74.1 Å². The van der Waals surface area contributed by atoms with Crippen molar-refractivity contribution >= 4 is 17.7 Å². The number of fused-ring (bicyclic) bond motifs is 2. The summed E-state index contributed by atoms with van der Waals surface area (Å²) in [4.78, 5) is 38.8. The Hall–Kier alpha value is -1.77. The molecular formula is C27H38O8. The minimum atomic E-state index is -1.68. The lowest BCUT2D eigenvalue weighted by Crippen LogP contribution is -2.78. The SMILES string of the molecule is C=C1C(=O)[C@@]23[C@@H]4[C@H](OC(C)=O)C[C@]1(O)[C@H]2OC(C)(C)O[C@@H]3C[C@H]1C(C)(C)CC[C@@H](OC(C)=O)[C@@]41C. The van der Waals surface area contributed by atoms with Crippen LogP contribution in [0.15, 0.2) is 12.2 Å². The van der Waals surface area contributed by atoms with Crippen LogP contribution in [0.3, 0.4) is 0 Å². The van der Waals surface area contributed by atoms with Gasteiger partial charge in [-0.25, -0.2) is 0 Å². The van der Waals surface area contributed by atoms with Crippen LogP contribution < -0.4 is 0 Å². The van der Waals surface area contributed by atoms with Crippen LogP contribution in [0.25, 0.3) is 0 Å². The second-order valence-electron chi connectivity index (χ2n) is 12.8. The maximum absolute atomic E-state index is 14.2. The van der Waals surface area contributed by atoms with E-state index in [-0.39, 0.29) is 35.1 Å². The Balaban J connectivity index is 1.80. The quantitative estimate of drug-likeness (QED) is 0.465. The minimum Gasteiger partial charge on any atom is -0.462 e. The van der Waals surface area contributed by atoms with Gasteiger partial charge in [0.15, 0.2) is 11.6 Å². The molecule has 0 amide bonds. The maximum atomic E-state index is 14.2. The van der Waals surface area contributed by atoms with E-state index in [9.17, 15) is 19.5 Å². The fraction of sp³-hybridized carbons (Fsp3) is 0.815. The molecule has 194 valence electrons. The van der Waals surface area contributed by atoms with Crippen LogP contribution in [0.5, 0.6) is 0 Å². The molecule has 8 nitrogen and oxygen atoms in total. The molecule has 1 aliphatic heterocycles. The molecule has 35 heavy (non-hydrogen) atoms. The predicted octanol–water partition coefficient (Wildman–Crippen LogP) is 3.09. The van der Waals surface area contributed by atoms with Gasteiger partial charge in [-0.3, -0.25) is 14.4 Å². The summed E-state index contributed by atoms with van der Waals surface area (Å²) in [5, 5.41) is 11.9. The number of ketones is 1. The summed E-state index contributed by atoms with van der Waals surface area (Å²) in [7, 11) is 0. The number of carbonyl (C=O) groups is 3. The Labute approximate surface area is 206 Å². The lowest BCUT2D eigenvalue weighted by Gasteiger charge is -2.70. The van der Waals surface area contributed by atoms with Gasteiger partial charge < -0.3 is 24.1 Å². The van der Waals surface area contributed by atoms with E-state index in [1.165, 1.54) is 13.8 Å². The third-order valence-corrected chi connectivity index (χ3v) is 10.0. The zero-order valence-corrected chi connectivity index (χ0v) is 21.8. The second-order valence-corrected chi connectivity index (χ2v) is 12.8. The Morgan fingerprint density at radius 3 is 2.29 bits per heavy atom. The van der Waals surface area contributed by atoms with Crippen molar-refractivity contribution in [1.29, 1.82) is 0 Å². The Morgan fingerprint density at radius 2 is 1.69 bits per heavy atom. The molecule has 4 aliphatic carbocycles. The fourth-order valence-electron chi connectivity index (χ4n) is 8.99. The van der Waals surface area contributed by atoms with Crippen LogP contribution >= 0.6 is 0 Å². The first-order valence-corrected chi connectivity index (χ1v) is 12.7. The molecule has 1 N–H and O–H groups in total. The zero-order chi connectivity index (χ0) is 25.9. The van der Waals surface area contributed by atoms with Crippen molar-refractivity contribution in [1.82, 2.24) is 0 Å². The summed E-state index contributed by atoms with van der Waals surface area (Å²) in [6, 6.07) is 0. The monoisotopic (exact) mass is 490 g/mol. The van der Waals surface area contributed by atoms with Gasteiger partial charge >= 0.3 is 11.9 Å². The van der Waals surface area contributed by atoms with Crippen molar-refractivity contribution in [2.75, 3.05) is 0 Å². The topological polar surface area (TPSA) is 108 Å². The van der Waals surface area contributed by atoms with E-state index in [0.29, 0.717) is 12.8 Å². The Kier molecular flexibility index (Phi) is 5.10. The van der Waals surface area contributed by atoms with E-state index in [1.807, 2.05) is 0 Å². The lowest BCUT2D eigenvalue weighted by molar-refractivity contribution is -0.406. The molecule has 0 aromatic carbocycles. The standard InChI is InChI=1S/C27H38O8/c1-13-21(30)27-19-11-17-23(4,5)10-9-18(33-15(3)29)25(17,8)20(27)16(32-14(2)28)12-26(13,31)22(27)35-24(6,7)34-19/h16-20,22,31H,1,9-12H2,2-8H3/t16-,17+,18-,19-,20-,22-,25+,26-,27-/m1/s1. The first-order valence-electron chi connectivity index (χ1n) is 12.7. The molecule has 0 aromatic rings. The molecule has 5 rings (SSSR count). The van der Waals surface area contributed by atoms with Crippen molar-refractivity contribution < 1.29 is 38.4 Å². The molecule has 0 unspecified atom stereocenters. The van der Waals surface area contributed by atoms with Gasteiger partial charge in [0, 0.05) is 37.2 Å². The number of rotatable bonds is 2. The summed E-state index contributed by atoms with van der Waals surface area (Å²) in [6.07, 6.45) is -0.777. The molecule has 0 aromatic heterocycles. The summed E-state index contributed by atoms with van der Waals surface area (Å²) >= 11 is 0. The molecule has 4 saturated carbocycles. The van der Waals surface area contributed by atoms with Crippen molar-refractivity contribution in [2.24, 2.45) is 28.1 Å². The van der Waals surface area contributed by atoms with E-state index in [4.69, 9.17) is 18.9 Å². The lowest BCUT2D eigenvalue weighted by atomic mass is 9.38. The van der Waals surface area contributed by atoms with Crippen LogP contribution in [0.4, 0.5) is 0 Å². The largest absolute Gasteiger partial charge is 0.462 e. The first kappa shape index (κ1) is 24.9. The average Bonchev–Trinajstić information content (AvgIpc) is 2.81. The third kappa shape index (κ3) is 2.99. The molecule has 1 heterocycles. The number of esters is 2. The van der Waals surface area contributed by atoms with E-state index >= 15 is 0 Å². The third-order valence-electron chi connectivity index (χ3n) is 10.0. The predicted molar refractivity (Wildman–Crippen MR) is 124 cm³/mol. The van der Waals surface area contributed by atoms with Crippen molar-refractivity contribution in [3.63, 3.8) is 0 Å². The number of aliphatic hydroxyl groups is 1. The number of ether oxygens (including phenoxy) is 4. The van der Waals surface area contributed by atoms with Crippen LogP contribution in [0.2, 0.25) is 0 Å². The van der Waals surface area contributed by atoms with E-state index in [1.54, 1.807) is 13.8 Å². The summed E-state index contributed by atoms with van der Waals surface area (Å²) in [5.74, 6) is -2.81. The first-order chi connectivity index (χ1) is 16.0. The van der Waals surface area contributed by atoms with Crippen molar-refractivity contribution in [2.45, 2.75) is 110 Å². The fourth-order valence-corrected chi connectivity index (χ4v) is 8.99. The van der Waals surface area contributed by atoms with Crippen LogP contribution in [-0.2, 0) is 33.3 Å². The highest BCUT2D eigenvalue weighted by Crippen LogP contribution is 2.74. The number of Topliss-reactive ketones (excluding diaryl/α,β-unsaturated/α-hetero) is 1. The number of carbonyl (C=O) groups excluding carboxylic acids is 3. The molecule has 1 spiro atoms. The van der Waals surface area contributed by atoms with Gasteiger partial charge in [0.05, 0.1) is 11.5 Å². The van der Waals surface area contributed by atoms with E-state index in [0.717, 1.165) is 6.42 Å². The second kappa shape index (κ2) is 7.17. The molecule has 9 atom stereocenters. The molecule has 2 bridgehead atoms. The normalized spacial score (nSPS) is 49.0. The van der Waals surface area contributed by atoms with Gasteiger partial charge in [-0.05, 0) is 44.4 Å². The highest BCUT2D eigenvalue weighted by atomic mass is 16.7. The molecule has 1 saturated heterocycles. The minimum absolute atomic E-state index is 0.00538. The molecule has 0 radical (unpaired) electrons. The number of hydrogen-bond acceptors (Lipinski definition) is 8. The van der Waals surface area contributed by atoms with Gasteiger partial charge in [-0.1, -0.05) is 27.4 Å². The molecule has 5 fully saturated rings. The van der Waals surface area contributed by atoms with Crippen molar-refractivity contribution in [3.05, 3.63) is 12.2 Å². The number of hydrogen-bond donors (Lipinski definition) is 1. The average molecular weight is 491 g/mol. The molecular weight excluding hydrogens is 452 g/mol. The summed E-state index contributed by atoms with van der Waals surface area (Å²) in [5.41, 5.74) is -3.80. The molecule has 5 aliphatic rings. The summed E-state index contributed by atoms with van der Waals surface area (Å²) < 4.78 is 24.8. The van der Waals surface area contributed by atoms with Gasteiger partial charge in [0.25, 0.3) is 0 Å². The Morgan fingerprint density at radius 1 is 1.06 bits per heavy atom. The van der Waals surface area contributed by atoms with Crippen molar-refractivity contribution in [3.8, 4) is 0 Å². The zero-order valence-electron chi connectivity index (χ0n) is 21.8. The van der Waals surface area contributed by atoms with E-state index in [2.05, 4.69) is 27.4 Å². The van der Waals surface area contributed by atoms with Gasteiger partial charge in [-0.15, -0.1) is 0 Å². The van der Waals surface area contributed by atoms with Gasteiger partial charge in [0.1, 0.15) is 23.9 Å². The van der Waals surface area contributed by atoms with Gasteiger partial charge in [0.2, 0.25) is 0 Å². The summed E-state index contributed by atoms with van der Waals surface area (Å²) in [6.45, 7) is 16.8.